The molecule has 1 saturated heterocycles. The average molecular weight is 320 g/mol. The molecule has 0 saturated carbocycles. The quantitative estimate of drug-likeness (QED) is 0.367. The molecule has 3 unspecified atom stereocenters. The highest BCUT2D eigenvalue weighted by molar-refractivity contribution is 5.92. The summed E-state index contributed by atoms with van der Waals surface area (Å²) in [6.45, 7) is 0.944. The van der Waals surface area contributed by atoms with Gasteiger partial charge in [-0.2, -0.15) is 0 Å². The molecule has 4 atom stereocenters. The Labute approximate surface area is 131 Å². The van der Waals surface area contributed by atoms with Gasteiger partial charge in [0, 0.05) is 6.20 Å². The maximum Gasteiger partial charge on any atom is 0.167 e. The number of ether oxygens (including phenoxy) is 1. The van der Waals surface area contributed by atoms with Crippen molar-refractivity contribution in [3.05, 3.63) is 18.1 Å². The van der Waals surface area contributed by atoms with E-state index in [2.05, 4.69) is 15.9 Å². The Bertz CT molecular complexity index is 781. The molecule has 1 aliphatic heterocycles. The minimum absolute atomic E-state index is 0.110. The molecule has 9 heteroatoms. The molecule has 2 aromatic rings. The van der Waals surface area contributed by atoms with Gasteiger partial charge in [0.2, 0.25) is 0 Å². The van der Waals surface area contributed by atoms with Gasteiger partial charge in [0.05, 0.1) is 17.6 Å². The first-order valence-corrected chi connectivity index (χ1v) is 6.84. The zero-order chi connectivity index (χ0) is 16.8. The summed E-state index contributed by atoms with van der Waals surface area (Å²) in [6.07, 6.45) is 4.93. The van der Waals surface area contributed by atoms with Crippen LogP contribution in [0.15, 0.2) is 12.5 Å². The van der Waals surface area contributed by atoms with Gasteiger partial charge in [0.15, 0.2) is 12.0 Å². The van der Waals surface area contributed by atoms with Gasteiger partial charge in [-0.15, -0.1) is 6.42 Å². The largest absolute Gasteiger partial charge is 0.394 e. The molecule has 9 nitrogen and oxygen atoms in total. The molecular weight excluding hydrogens is 304 g/mol. The first kappa shape index (κ1) is 15.7. The second-order valence-electron chi connectivity index (χ2n) is 5.51. The fourth-order valence-corrected chi connectivity index (χ4v) is 2.85. The predicted octanol–water partition coefficient (Wildman–Crippen LogP) is -0.785. The number of hydrogen-bond acceptors (Lipinski definition) is 8. The third-order valence-corrected chi connectivity index (χ3v) is 4.06. The van der Waals surface area contributed by atoms with E-state index >= 15 is 0 Å². The molecule has 1 aliphatic rings. The Hall–Kier alpha value is -2.22. The molecule has 3 heterocycles. The van der Waals surface area contributed by atoms with Gasteiger partial charge in [-0.05, 0) is 6.92 Å². The van der Waals surface area contributed by atoms with E-state index in [4.69, 9.17) is 11.2 Å². The molecular formula is C14H16N4O5. The number of nitrogens with one attached hydrogen (secondary N) is 1. The molecule has 0 bridgehead atoms. The summed E-state index contributed by atoms with van der Waals surface area (Å²) in [5.41, 5.74) is 0.947. The average Bonchev–Trinajstić information content (AvgIpc) is 3.03. The molecule has 0 aliphatic carbocycles. The van der Waals surface area contributed by atoms with Crippen LogP contribution in [0.3, 0.4) is 0 Å². The van der Waals surface area contributed by atoms with E-state index in [0.29, 0.717) is 16.6 Å². The lowest BCUT2D eigenvalue weighted by atomic mass is 9.96. The first-order valence-electron chi connectivity index (χ1n) is 6.84. The lowest BCUT2D eigenvalue weighted by Crippen LogP contribution is -2.44. The molecule has 2 aromatic heterocycles. The highest BCUT2D eigenvalue weighted by atomic mass is 16.6. The van der Waals surface area contributed by atoms with Gasteiger partial charge in [-0.1, -0.05) is 5.92 Å². The summed E-state index contributed by atoms with van der Waals surface area (Å²) >= 11 is 0. The molecule has 5 N–H and O–H groups in total. The number of nitrogens with zero attached hydrogens (tertiary/aromatic N) is 3. The Morgan fingerprint density at radius 3 is 2.83 bits per heavy atom. The van der Waals surface area contributed by atoms with Crippen LogP contribution in [-0.4, -0.2) is 59.5 Å². The van der Waals surface area contributed by atoms with Crippen LogP contribution in [0.1, 0.15) is 18.7 Å². The monoisotopic (exact) mass is 320 g/mol. The summed E-state index contributed by atoms with van der Waals surface area (Å²) in [6, 6.07) is 0. The second kappa shape index (κ2) is 5.45. The molecule has 0 aromatic carbocycles. The van der Waals surface area contributed by atoms with Crippen molar-refractivity contribution >= 4 is 16.9 Å². The number of hydrogen-bond donors (Lipinski definition) is 5. The van der Waals surface area contributed by atoms with Crippen LogP contribution in [0.4, 0.5) is 5.82 Å². The number of terminal acetylenes is 1. The maximum absolute atomic E-state index is 10.6. The second-order valence-corrected chi connectivity index (χ2v) is 5.51. The molecule has 23 heavy (non-hydrogen) atoms. The van der Waals surface area contributed by atoms with E-state index in [1.165, 1.54) is 24.0 Å². The molecule has 0 radical (unpaired) electrons. The van der Waals surface area contributed by atoms with Crippen molar-refractivity contribution in [3.8, 4) is 12.3 Å². The summed E-state index contributed by atoms with van der Waals surface area (Å²) in [5.74, 6) is 2.56. The van der Waals surface area contributed by atoms with E-state index < -0.39 is 30.6 Å². The molecule has 122 valence electrons. The van der Waals surface area contributed by atoms with Gasteiger partial charge in [0.1, 0.15) is 29.8 Å². The Balaban J connectivity index is 2.20. The van der Waals surface area contributed by atoms with Crippen molar-refractivity contribution in [2.45, 2.75) is 31.0 Å². The molecule has 0 spiro atoms. The number of fused-ring (bicyclic) bond motifs is 1. The van der Waals surface area contributed by atoms with Crippen molar-refractivity contribution < 1.29 is 25.3 Å². The SMILES string of the molecule is C#Cc1cn(C2OC(CO)C(O)[C@@]2(C)O)c2ncnc(NO)c12. The van der Waals surface area contributed by atoms with E-state index in [1.54, 1.807) is 0 Å². The Kier molecular flexibility index (Phi) is 3.71. The number of anilines is 1. The summed E-state index contributed by atoms with van der Waals surface area (Å²) in [7, 11) is 0. The topological polar surface area (TPSA) is 133 Å². The third-order valence-electron chi connectivity index (χ3n) is 4.06. The van der Waals surface area contributed by atoms with E-state index in [0.717, 1.165) is 0 Å². The van der Waals surface area contributed by atoms with Gasteiger partial charge < -0.3 is 24.6 Å². The van der Waals surface area contributed by atoms with Crippen LogP contribution in [0, 0.1) is 12.3 Å². The molecule has 1 fully saturated rings. The van der Waals surface area contributed by atoms with Crippen molar-refractivity contribution in [1.29, 1.82) is 0 Å². The van der Waals surface area contributed by atoms with Crippen molar-refractivity contribution in [3.63, 3.8) is 0 Å². The highest BCUT2D eigenvalue weighted by Gasteiger charge is 2.53. The fourth-order valence-electron chi connectivity index (χ4n) is 2.85. The van der Waals surface area contributed by atoms with Gasteiger partial charge >= 0.3 is 0 Å². The standard InChI is InChI=1S/C14H16N4O5/c1-3-7-4-18(12-9(7)11(17-22)15-6-16-12)13-14(2,21)10(20)8(5-19)23-13/h1,4,6,8,10,13,19-22H,5H2,2H3,(H,15,16,17)/t8?,10?,13?,14-/m1/s1. The number of aromatic nitrogens is 3. The minimum atomic E-state index is -1.68. The van der Waals surface area contributed by atoms with Gasteiger partial charge in [0.25, 0.3) is 0 Å². The highest BCUT2D eigenvalue weighted by Crippen LogP contribution is 2.40. The van der Waals surface area contributed by atoms with Crippen molar-refractivity contribution in [2.75, 3.05) is 12.1 Å². The van der Waals surface area contributed by atoms with Crippen LogP contribution in [-0.2, 0) is 4.74 Å². The summed E-state index contributed by atoms with van der Waals surface area (Å²) < 4.78 is 7.02. The van der Waals surface area contributed by atoms with Gasteiger partial charge in [-0.3, -0.25) is 10.7 Å². The predicted molar refractivity (Wildman–Crippen MR) is 78.5 cm³/mol. The maximum atomic E-state index is 10.6. The summed E-state index contributed by atoms with van der Waals surface area (Å²) in [4.78, 5) is 8.00. The molecule has 0 amide bonds. The van der Waals surface area contributed by atoms with Crippen molar-refractivity contribution in [1.82, 2.24) is 14.5 Å². The molecule has 3 rings (SSSR count). The smallest absolute Gasteiger partial charge is 0.167 e. The third kappa shape index (κ3) is 2.16. The van der Waals surface area contributed by atoms with E-state index in [-0.39, 0.29) is 5.82 Å². The number of rotatable bonds is 3. The van der Waals surface area contributed by atoms with Crippen molar-refractivity contribution in [2.24, 2.45) is 0 Å². The van der Waals surface area contributed by atoms with E-state index in [1.807, 2.05) is 5.48 Å². The Morgan fingerprint density at radius 1 is 1.52 bits per heavy atom. The zero-order valence-corrected chi connectivity index (χ0v) is 12.2. The number of aliphatic hydroxyl groups is 3. The van der Waals surface area contributed by atoms with Crippen LogP contribution in [0.5, 0.6) is 0 Å². The lowest BCUT2D eigenvalue weighted by Gasteiger charge is -2.27. The van der Waals surface area contributed by atoms with Crippen LogP contribution in [0.25, 0.3) is 11.0 Å². The number of aliphatic hydroxyl groups excluding tert-OH is 2. The van der Waals surface area contributed by atoms with E-state index in [9.17, 15) is 20.5 Å². The Morgan fingerprint density at radius 2 is 2.26 bits per heavy atom. The normalized spacial score (nSPS) is 30.5. The van der Waals surface area contributed by atoms with Crippen LogP contribution >= 0.6 is 0 Å². The summed E-state index contributed by atoms with van der Waals surface area (Å²) in [5, 5.41) is 39.5. The van der Waals surface area contributed by atoms with Gasteiger partial charge in [-0.25, -0.2) is 9.97 Å². The zero-order valence-electron chi connectivity index (χ0n) is 12.2. The van der Waals surface area contributed by atoms with Crippen LogP contribution in [0.2, 0.25) is 0 Å². The van der Waals surface area contributed by atoms with Crippen LogP contribution < -0.4 is 5.48 Å². The minimum Gasteiger partial charge on any atom is -0.394 e. The lowest BCUT2D eigenvalue weighted by molar-refractivity contribution is -0.0948. The fraction of sp³-hybridized carbons (Fsp3) is 0.429. The first-order chi connectivity index (χ1) is 11.0.